The van der Waals surface area contributed by atoms with Crippen LogP contribution >= 0.6 is 0 Å². The van der Waals surface area contributed by atoms with E-state index in [4.69, 9.17) is 5.53 Å². The van der Waals surface area contributed by atoms with Crippen LogP contribution in [-0.2, 0) is 6.54 Å². The lowest BCUT2D eigenvalue weighted by Crippen LogP contribution is -2.24. The molecule has 0 N–H and O–H groups in total. The highest BCUT2D eigenvalue weighted by Crippen LogP contribution is 2.40. The first-order valence-corrected chi connectivity index (χ1v) is 8.95. The van der Waals surface area contributed by atoms with Crippen LogP contribution in [0.15, 0.2) is 46.3 Å². The summed E-state index contributed by atoms with van der Waals surface area (Å²) in [4.78, 5) is 39.8. The van der Waals surface area contributed by atoms with Gasteiger partial charge in [-0.25, -0.2) is 0 Å². The van der Waals surface area contributed by atoms with Crippen LogP contribution < -0.4 is 5.56 Å². The number of benzene rings is 2. The molecule has 29 heavy (non-hydrogen) atoms. The Bertz CT molecular complexity index is 1320. The summed E-state index contributed by atoms with van der Waals surface area (Å²) in [5.41, 5.74) is 10.8. The standard InChI is InChI=1S/C20H15N5O4/c1-11-3-5-14-15(9-11)19(26)17-13-6-4-12(25(28)29)10-16(13)20(27)24(18(14)17)8-2-7-22-23-21/h3-6,9-10H,2,7-8H2,1H3. The average molecular weight is 389 g/mol. The fourth-order valence-corrected chi connectivity index (χ4v) is 3.80. The van der Waals surface area contributed by atoms with E-state index in [2.05, 4.69) is 10.0 Å². The lowest BCUT2D eigenvalue weighted by molar-refractivity contribution is -0.384. The fourth-order valence-electron chi connectivity index (χ4n) is 3.80. The Morgan fingerprint density at radius 2 is 1.93 bits per heavy atom. The Hall–Kier alpha value is -3.97. The normalized spacial score (nSPS) is 11.8. The SMILES string of the molecule is Cc1ccc2c(c1)C(=O)c1c-2n(CCCN=[N+]=[N-])c(=O)c2cc([N+](=O)[O-])ccc12. The zero-order valence-corrected chi connectivity index (χ0v) is 15.5. The van der Waals surface area contributed by atoms with Crippen molar-refractivity contribution in [1.29, 1.82) is 0 Å². The molecule has 9 heteroatoms. The second-order valence-electron chi connectivity index (χ2n) is 6.85. The number of nitro groups is 1. The third kappa shape index (κ3) is 2.84. The van der Waals surface area contributed by atoms with Crippen LogP contribution in [-0.4, -0.2) is 21.8 Å². The van der Waals surface area contributed by atoms with E-state index in [9.17, 15) is 19.7 Å². The van der Waals surface area contributed by atoms with Crippen LogP contribution in [0.1, 0.15) is 27.9 Å². The lowest BCUT2D eigenvalue weighted by Gasteiger charge is -2.14. The quantitative estimate of drug-likeness (QED) is 0.127. The van der Waals surface area contributed by atoms with Crippen molar-refractivity contribution in [2.75, 3.05) is 6.54 Å². The third-order valence-corrected chi connectivity index (χ3v) is 5.07. The van der Waals surface area contributed by atoms with Crippen LogP contribution in [0.5, 0.6) is 0 Å². The minimum atomic E-state index is -0.571. The molecule has 0 spiro atoms. The summed E-state index contributed by atoms with van der Waals surface area (Å²) < 4.78 is 1.47. The van der Waals surface area contributed by atoms with Crippen LogP contribution in [0.2, 0.25) is 0 Å². The van der Waals surface area contributed by atoms with Gasteiger partial charge in [-0.05, 0) is 31.0 Å². The smallest absolute Gasteiger partial charge is 0.270 e. The van der Waals surface area contributed by atoms with Crippen LogP contribution in [0.25, 0.3) is 32.5 Å². The Morgan fingerprint density at radius 1 is 1.14 bits per heavy atom. The molecule has 9 nitrogen and oxygen atoms in total. The minimum absolute atomic E-state index is 0.125. The second kappa shape index (κ2) is 6.88. The van der Waals surface area contributed by atoms with Crippen molar-refractivity contribution in [2.24, 2.45) is 5.11 Å². The van der Waals surface area contributed by atoms with Crippen LogP contribution in [0, 0.1) is 17.0 Å². The zero-order chi connectivity index (χ0) is 20.7. The first-order chi connectivity index (χ1) is 13.9. The molecular weight excluding hydrogens is 374 g/mol. The van der Waals surface area contributed by atoms with Crippen molar-refractivity contribution in [1.82, 2.24) is 4.57 Å². The number of pyridine rings is 1. The Kier molecular flexibility index (Phi) is 4.37. The molecule has 0 bridgehead atoms. The molecule has 4 rings (SSSR count). The van der Waals surface area contributed by atoms with Gasteiger partial charge in [-0.3, -0.25) is 19.7 Å². The second-order valence-corrected chi connectivity index (χ2v) is 6.85. The number of ketones is 1. The Balaban J connectivity index is 2.05. The molecule has 144 valence electrons. The molecule has 3 aromatic rings. The molecular formula is C20H15N5O4. The summed E-state index contributed by atoms with van der Waals surface area (Å²) in [6.45, 7) is 2.30. The number of aromatic nitrogens is 1. The minimum Gasteiger partial charge on any atom is -0.307 e. The molecule has 1 heterocycles. The van der Waals surface area contributed by atoms with Crippen molar-refractivity contribution in [2.45, 2.75) is 19.9 Å². The highest BCUT2D eigenvalue weighted by atomic mass is 16.6. The molecule has 1 aromatic heterocycles. The topological polar surface area (TPSA) is 131 Å². The predicted octanol–water partition coefficient (Wildman–Crippen LogP) is 4.13. The lowest BCUT2D eigenvalue weighted by atomic mass is 10.0. The van der Waals surface area contributed by atoms with Crippen molar-refractivity contribution < 1.29 is 9.72 Å². The zero-order valence-electron chi connectivity index (χ0n) is 15.5. The number of fused-ring (bicyclic) bond motifs is 5. The van der Waals surface area contributed by atoms with E-state index in [0.29, 0.717) is 34.2 Å². The average Bonchev–Trinajstić information content (AvgIpc) is 2.99. The monoisotopic (exact) mass is 389 g/mol. The number of azide groups is 1. The van der Waals surface area contributed by atoms with Gasteiger partial charge in [0.15, 0.2) is 5.78 Å². The molecule has 0 aliphatic heterocycles. The van der Waals surface area contributed by atoms with Gasteiger partial charge in [-0.2, -0.15) is 0 Å². The molecule has 1 aliphatic carbocycles. The Morgan fingerprint density at radius 3 is 2.66 bits per heavy atom. The van der Waals surface area contributed by atoms with E-state index in [1.807, 2.05) is 19.1 Å². The third-order valence-electron chi connectivity index (χ3n) is 5.07. The first kappa shape index (κ1) is 18.4. The largest absolute Gasteiger partial charge is 0.307 e. The van der Waals surface area contributed by atoms with E-state index < -0.39 is 10.5 Å². The molecule has 0 saturated heterocycles. The molecule has 0 radical (unpaired) electrons. The molecule has 0 saturated carbocycles. The molecule has 0 unspecified atom stereocenters. The van der Waals surface area contributed by atoms with Gasteiger partial charge >= 0.3 is 0 Å². The van der Waals surface area contributed by atoms with Crippen LogP contribution in [0.3, 0.4) is 0 Å². The number of non-ortho nitro benzene ring substituents is 1. The summed E-state index contributed by atoms with van der Waals surface area (Å²) in [6.07, 6.45) is 0.395. The maximum absolute atomic E-state index is 13.2. The first-order valence-electron chi connectivity index (χ1n) is 8.95. The number of carbonyl (C=O) groups is 1. The molecule has 0 amide bonds. The fraction of sp³-hybridized carbons (Fsp3) is 0.200. The van der Waals surface area contributed by atoms with E-state index in [1.54, 1.807) is 6.07 Å². The van der Waals surface area contributed by atoms with Gasteiger partial charge in [0.25, 0.3) is 11.2 Å². The maximum Gasteiger partial charge on any atom is 0.270 e. The van der Waals surface area contributed by atoms with Gasteiger partial charge < -0.3 is 4.57 Å². The van der Waals surface area contributed by atoms with E-state index in [-0.39, 0.29) is 29.9 Å². The number of nitrogens with zero attached hydrogens (tertiary/aromatic N) is 5. The van der Waals surface area contributed by atoms with Gasteiger partial charge in [0.05, 0.1) is 21.6 Å². The summed E-state index contributed by atoms with van der Waals surface area (Å²) in [6, 6.07) is 9.45. The summed E-state index contributed by atoms with van der Waals surface area (Å²) in [5, 5.41) is 15.2. The molecule has 0 atom stereocenters. The summed E-state index contributed by atoms with van der Waals surface area (Å²) in [7, 11) is 0. The van der Waals surface area contributed by atoms with E-state index in [1.165, 1.54) is 22.8 Å². The number of hydrogen-bond donors (Lipinski definition) is 0. The van der Waals surface area contributed by atoms with Gasteiger partial charge in [-0.15, -0.1) is 0 Å². The number of aryl methyl sites for hydroxylation is 1. The summed E-state index contributed by atoms with van der Waals surface area (Å²) >= 11 is 0. The van der Waals surface area contributed by atoms with Crippen molar-refractivity contribution in [3.05, 3.63) is 84.0 Å². The van der Waals surface area contributed by atoms with Gasteiger partial charge in [0, 0.05) is 46.6 Å². The highest BCUT2D eigenvalue weighted by molar-refractivity contribution is 6.26. The van der Waals surface area contributed by atoms with Gasteiger partial charge in [0.1, 0.15) is 0 Å². The molecule has 0 fully saturated rings. The van der Waals surface area contributed by atoms with E-state index >= 15 is 0 Å². The maximum atomic E-state index is 13.2. The number of hydrogen-bond acceptors (Lipinski definition) is 5. The van der Waals surface area contributed by atoms with Crippen LogP contribution in [0.4, 0.5) is 5.69 Å². The van der Waals surface area contributed by atoms with Gasteiger partial charge in [-0.1, -0.05) is 22.8 Å². The van der Waals surface area contributed by atoms with Crippen molar-refractivity contribution in [3.8, 4) is 11.3 Å². The van der Waals surface area contributed by atoms with E-state index in [0.717, 1.165) is 5.56 Å². The number of nitro benzene ring substituents is 1. The van der Waals surface area contributed by atoms with Gasteiger partial charge in [0.2, 0.25) is 0 Å². The molecule has 1 aliphatic rings. The Labute approximate surface area is 164 Å². The predicted molar refractivity (Wildman–Crippen MR) is 107 cm³/mol. The highest BCUT2D eigenvalue weighted by Gasteiger charge is 2.33. The van der Waals surface area contributed by atoms with Crippen molar-refractivity contribution >= 4 is 22.2 Å². The number of rotatable bonds is 5. The molecule has 2 aromatic carbocycles. The summed E-state index contributed by atoms with van der Waals surface area (Å²) in [5.74, 6) is -0.207. The van der Waals surface area contributed by atoms with Crippen molar-refractivity contribution in [3.63, 3.8) is 0 Å². The number of carbonyl (C=O) groups excluding carboxylic acids is 1.